The topological polar surface area (TPSA) is 99.7 Å². The average Bonchev–Trinajstić information content (AvgIpc) is 2.65. The van der Waals surface area contributed by atoms with Crippen LogP contribution in [0.5, 0.6) is 0 Å². The lowest BCUT2D eigenvalue weighted by Gasteiger charge is -2.09. The molecule has 28 heavy (non-hydrogen) atoms. The van der Waals surface area contributed by atoms with Crippen LogP contribution in [0.2, 0.25) is 10.0 Å². The minimum atomic E-state index is -0.967. The molecule has 0 saturated carbocycles. The Morgan fingerprint density at radius 1 is 0.893 bits per heavy atom. The average molecular weight is 421 g/mol. The Morgan fingerprint density at radius 2 is 1.54 bits per heavy atom. The van der Waals surface area contributed by atoms with E-state index in [2.05, 4.69) is 21.2 Å². The molecule has 0 aliphatic heterocycles. The van der Waals surface area contributed by atoms with Gasteiger partial charge in [0.15, 0.2) is 0 Å². The van der Waals surface area contributed by atoms with Gasteiger partial charge >= 0.3 is 11.8 Å². The number of halogens is 2. The second-order valence-corrected chi connectivity index (χ2v) is 6.67. The van der Waals surface area contributed by atoms with Crippen LogP contribution in [-0.2, 0) is 14.4 Å². The smallest absolute Gasteiger partial charge is 0.324 e. The first-order valence-electron chi connectivity index (χ1n) is 8.22. The van der Waals surface area contributed by atoms with E-state index in [0.717, 1.165) is 0 Å². The van der Waals surface area contributed by atoms with Crippen molar-refractivity contribution in [2.75, 3.05) is 10.6 Å². The van der Waals surface area contributed by atoms with Gasteiger partial charge in [-0.25, -0.2) is 5.43 Å². The molecule has 2 rings (SSSR count). The van der Waals surface area contributed by atoms with E-state index < -0.39 is 11.8 Å². The summed E-state index contributed by atoms with van der Waals surface area (Å²) in [5, 5.41) is 9.74. The molecular formula is C19H18Cl2N4O3. The summed E-state index contributed by atoms with van der Waals surface area (Å²) in [5.41, 5.74) is 3.96. The molecular weight excluding hydrogens is 403 g/mol. The Labute approximate surface area is 172 Å². The predicted octanol–water partition coefficient (Wildman–Crippen LogP) is 3.76. The molecule has 0 unspecified atom stereocenters. The van der Waals surface area contributed by atoms with Crippen molar-refractivity contribution in [2.24, 2.45) is 5.10 Å². The van der Waals surface area contributed by atoms with Crippen LogP contribution in [0.1, 0.15) is 18.9 Å². The molecule has 9 heteroatoms. The van der Waals surface area contributed by atoms with Gasteiger partial charge in [-0.15, -0.1) is 0 Å². The SMILES string of the molecule is C/C(CC(=O)Nc1ccccc1Cl)=N/NC(=O)C(=O)Nc1cccc(Cl)c1C. The summed E-state index contributed by atoms with van der Waals surface area (Å²) in [6.07, 6.45) is -0.0828. The summed E-state index contributed by atoms with van der Waals surface area (Å²) in [7, 11) is 0. The molecule has 2 aromatic carbocycles. The number of nitrogens with zero attached hydrogens (tertiary/aromatic N) is 1. The van der Waals surface area contributed by atoms with Gasteiger partial charge in [0.05, 0.1) is 17.1 Å². The summed E-state index contributed by atoms with van der Waals surface area (Å²) in [5.74, 6) is -2.23. The predicted molar refractivity (Wildman–Crippen MR) is 111 cm³/mol. The Hall–Kier alpha value is -2.90. The van der Waals surface area contributed by atoms with Crippen molar-refractivity contribution in [2.45, 2.75) is 20.3 Å². The molecule has 0 heterocycles. The maximum atomic E-state index is 12.0. The van der Waals surface area contributed by atoms with E-state index in [1.807, 2.05) is 0 Å². The standard InChI is InChI=1S/C19H18Cl2N4O3/c1-11(10-17(26)22-16-8-4-3-6-14(16)21)24-25-19(28)18(27)23-15-9-5-7-13(20)12(15)2/h3-9H,10H2,1-2H3,(H,22,26)(H,23,27)(H,25,28)/b24-11-. The number of para-hydroxylation sites is 1. The summed E-state index contributed by atoms with van der Waals surface area (Å²) < 4.78 is 0. The second-order valence-electron chi connectivity index (χ2n) is 5.86. The first-order valence-corrected chi connectivity index (χ1v) is 8.97. The van der Waals surface area contributed by atoms with Crippen molar-refractivity contribution >= 4 is 58.0 Å². The molecule has 3 amide bonds. The Bertz CT molecular complexity index is 945. The van der Waals surface area contributed by atoms with E-state index in [9.17, 15) is 14.4 Å². The van der Waals surface area contributed by atoms with Crippen LogP contribution in [-0.4, -0.2) is 23.4 Å². The van der Waals surface area contributed by atoms with Gasteiger partial charge in [0.25, 0.3) is 0 Å². The van der Waals surface area contributed by atoms with E-state index in [1.165, 1.54) is 0 Å². The zero-order chi connectivity index (χ0) is 20.7. The third-order valence-corrected chi connectivity index (χ3v) is 4.37. The molecule has 2 aromatic rings. The molecule has 0 atom stereocenters. The van der Waals surface area contributed by atoms with Crippen LogP contribution in [0.4, 0.5) is 11.4 Å². The quantitative estimate of drug-likeness (QED) is 0.389. The van der Waals surface area contributed by atoms with Gasteiger partial charge in [0, 0.05) is 16.4 Å². The molecule has 7 nitrogen and oxygen atoms in total. The summed E-state index contributed by atoms with van der Waals surface area (Å²) >= 11 is 12.0. The third kappa shape index (κ3) is 6.07. The van der Waals surface area contributed by atoms with E-state index in [4.69, 9.17) is 23.2 Å². The zero-order valence-electron chi connectivity index (χ0n) is 15.2. The molecule has 3 N–H and O–H groups in total. The van der Waals surface area contributed by atoms with Crippen molar-refractivity contribution < 1.29 is 14.4 Å². The van der Waals surface area contributed by atoms with Crippen LogP contribution in [0.3, 0.4) is 0 Å². The van der Waals surface area contributed by atoms with Crippen molar-refractivity contribution in [3.63, 3.8) is 0 Å². The number of hydrogen-bond acceptors (Lipinski definition) is 4. The normalized spacial score (nSPS) is 10.9. The van der Waals surface area contributed by atoms with Gasteiger partial charge in [0.2, 0.25) is 5.91 Å². The van der Waals surface area contributed by atoms with E-state index in [-0.39, 0.29) is 12.3 Å². The first-order chi connectivity index (χ1) is 13.3. The van der Waals surface area contributed by atoms with Gasteiger partial charge in [-0.05, 0) is 43.7 Å². The molecule has 0 aromatic heterocycles. The minimum Gasteiger partial charge on any atom is -0.324 e. The molecule has 0 saturated heterocycles. The molecule has 0 aliphatic rings. The second kappa shape index (κ2) is 9.87. The van der Waals surface area contributed by atoms with Crippen molar-refractivity contribution in [1.29, 1.82) is 0 Å². The third-order valence-electron chi connectivity index (χ3n) is 3.63. The number of nitrogens with one attached hydrogen (secondary N) is 3. The zero-order valence-corrected chi connectivity index (χ0v) is 16.7. The number of carbonyl (C=O) groups excluding carboxylic acids is 3. The fourth-order valence-corrected chi connectivity index (χ4v) is 2.51. The highest BCUT2D eigenvalue weighted by molar-refractivity contribution is 6.40. The molecule has 0 fully saturated rings. The van der Waals surface area contributed by atoms with Crippen molar-refractivity contribution in [1.82, 2.24) is 5.43 Å². The monoisotopic (exact) mass is 420 g/mol. The van der Waals surface area contributed by atoms with Crippen LogP contribution in [0, 0.1) is 6.92 Å². The van der Waals surface area contributed by atoms with E-state index in [0.29, 0.717) is 32.7 Å². The Kier molecular flexibility index (Phi) is 7.54. The molecule has 146 valence electrons. The van der Waals surface area contributed by atoms with Crippen LogP contribution >= 0.6 is 23.2 Å². The van der Waals surface area contributed by atoms with Gasteiger partial charge in [-0.1, -0.05) is 41.4 Å². The fraction of sp³-hybridized carbons (Fsp3) is 0.158. The number of anilines is 2. The highest BCUT2D eigenvalue weighted by Gasteiger charge is 2.15. The lowest BCUT2D eigenvalue weighted by molar-refractivity contribution is -0.136. The van der Waals surface area contributed by atoms with Gasteiger partial charge in [-0.2, -0.15) is 5.10 Å². The largest absolute Gasteiger partial charge is 0.329 e. The lowest BCUT2D eigenvalue weighted by atomic mass is 10.2. The number of hydrogen-bond donors (Lipinski definition) is 3. The summed E-state index contributed by atoms with van der Waals surface area (Å²) in [6, 6.07) is 11.8. The lowest BCUT2D eigenvalue weighted by Crippen LogP contribution is -2.33. The summed E-state index contributed by atoms with van der Waals surface area (Å²) in [6.45, 7) is 3.27. The molecule has 0 radical (unpaired) electrons. The number of amides is 3. The van der Waals surface area contributed by atoms with Crippen LogP contribution < -0.4 is 16.1 Å². The maximum absolute atomic E-state index is 12.0. The van der Waals surface area contributed by atoms with E-state index >= 15 is 0 Å². The molecule has 0 aliphatic carbocycles. The van der Waals surface area contributed by atoms with Gasteiger partial charge in [-0.3, -0.25) is 14.4 Å². The number of carbonyl (C=O) groups is 3. The van der Waals surface area contributed by atoms with E-state index in [1.54, 1.807) is 56.3 Å². The highest BCUT2D eigenvalue weighted by Crippen LogP contribution is 2.23. The number of rotatable bonds is 5. The molecule has 0 bridgehead atoms. The molecule has 0 spiro atoms. The fourth-order valence-electron chi connectivity index (χ4n) is 2.15. The summed E-state index contributed by atoms with van der Waals surface area (Å²) in [4.78, 5) is 35.9. The number of hydrazone groups is 1. The Balaban J connectivity index is 1.88. The minimum absolute atomic E-state index is 0.0828. The van der Waals surface area contributed by atoms with Crippen LogP contribution in [0.25, 0.3) is 0 Å². The Morgan fingerprint density at radius 3 is 2.25 bits per heavy atom. The number of benzene rings is 2. The van der Waals surface area contributed by atoms with Crippen molar-refractivity contribution in [3.8, 4) is 0 Å². The van der Waals surface area contributed by atoms with Crippen molar-refractivity contribution in [3.05, 3.63) is 58.1 Å². The van der Waals surface area contributed by atoms with Gasteiger partial charge < -0.3 is 10.6 Å². The first kappa shape index (κ1) is 21.4. The van der Waals surface area contributed by atoms with Crippen LogP contribution in [0.15, 0.2) is 47.6 Å². The maximum Gasteiger partial charge on any atom is 0.329 e. The highest BCUT2D eigenvalue weighted by atomic mass is 35.5. The van der Waals surface area contributed by atoms with Gasteiger partial charge in [0.1, 0.15) is 0 Å².